The monoisotopic (exact) mass is 226 g/mol. The molecule has 2 aromatic rings. The molecule has 1 unspecified atom stereocenters. The van der Waals surface area contributed by atoms with Crippen LogP contribution in [0.3, 0.4) is 0 Å². The van der Waals surface area contributed by atoms with Gasteiger partial charge in [-0.2, -0.15) is 0 Å². The molecule has 0 radical (unpaired) electrons. The van der Waals surface area contributed by atoms with Gasteiger partial charge in [-0.3, -0.25) is 4.98 Å². The van der Waals surface area contributed by atoms with Crippen LogP contribution < -0.4 is 5.32 Å². The third-order valence-electron chi connectivity index (χ3n) is 2.81. The van der Waals surface area contributed by atoms with Gasteiger partial charge in [0, 0.05) is 12.4 Å². The Balaban J connectivity index is 2.20. The first-order chi connectivity index (χ1) is 8.27. The number of nitrogens with one attached hydrogen (secondary N) is 1. The van der Waals surface area contributed by atoms with E-state index in [0.29, 0.717) is 12.0 Å². The molecule has 1 aromatic carbocycles. The minimum absolute atomic E-state index is 0.320. The minimum atomic E-state index is 0.320. The van der Waals surface area contributed by atoms with Gasteiger partial charge in [0.05, 0.1) is 11.7 Å². The summed E-state index contributed by atoms with van der Waals surface area (Å²) >= 11 is 0. The average molecular weight is 226 g/mol. The summed E-state index contributed by atoms with van der Waals surface area (Å²) in [4.78, 5) is 4.13. The summed E-state index contributed by atoms with van der Waals surface area (Å²) in [6, 6.07) is 14.8. The van der Waals surface area contributed by atoms with Crippen LogP contribution >= 0.6 is 0 Å². The first kappa shape index (κ1) is 11.6. The van der Waals surface area contributed by atoms with Gasteiger partial charge in [-0.15, -0.1) is 0 Å². The summed E-state index contributed by atoms with van der Waals surface area (Å²) in [5, 5.41) is 3.53. The van der Waals surface area contributed by atoms with Gasteiger partial charge in [0.15, 0.2) is 0 Å². The van der Waals surface area contributed by atoms with Gasteiger partial charge in [-0.25, -0.2) is 0 Å². The molecule has 1 heterocycles. The zero-order chi connectivity index (χ0) is 12.1. The molecule has 0 aliphatic heterocycles. The van der Waals surface area contributed by atoms with E-state index in [0.717, 1.165) is 5.69 Å². The molecule has 0 aliphatic carbocycles. The molecule has 0 bridgehead atoms. The number of rotatable bonds is 4. The highest BCUT2D eigenvalue weighted by molar-refractivity contribution is 5.43. The number of benzene rings is 1. The molecule has 0 amide bonds. The van der Waals surface area contributed by atoms with E-state index in [1.807, 2.05) is 24.4 Å². The molecule has 0 saturated carbocycles. The molecule has 0 aliphatic rings. The molecule has 1 N–H and O–H groups in total. The van der Waals surface area contributed by atoms with Crippen molar-refractivity contribution < 1.29 is 0 Å². The summed E-state index contributed by atoms with van der Waals surface area (Å²) in [5.41, 5.74) is 2.38. The first-order valence-electron chi connectivity index (χ1n) is 5.99. The fraction of sp³-hybridized carbons (Fsp3) is 0.267. The highest BCUT2D eigenvalue weighted by Crippen LogP contribution is 2.25. The Hall–Kier alpha value is -1.83. The first-order valence-corrected chi connectivity index (χ1v) is 5.99. The second-order valence-corrected chi connectivity index (χ2v) is 4.52. The predicted octanol–water partition coefficient (Wildman–Crippen LogP) is 3.89. The molecular formula is C15H18N2. The maximum absolute atomic E-state index is 4.13. The number of aromatic nitrogens is 1. The van der Waals surface area contributed by atoms with Crippen LogP contribution in [-0.2, 0) is 0 Å². The topological polar surface area (TPSA) is 24.9 Å². The quantitative estimate of drug-likeness (QED) is 0.855. The van der Waals surface area contributed by atoms with E-state index in [-0.39, 0.29) is 0 Å². The van der Waals surface area contributed by atoms with Crippen LogP contribution in [0.2, 0.25) is 0 Å². The summed E-state index contributed by atoms with van der Waals surface area (Å²) in [5.74, 6) is 0.526. The maximum Gasteiger partial charge on any atom is 0.0537 e. The van der Waals surface area contributed by atoms with Gasteiger partial charge in [-0.05, 0) is 23.6 Å². The zero-order valence-corrected chi connectivity index (χ0v) is 10.3. The van der Waals surface area contributed by atoms with Crippen molar-refractivity contribution in [3.63, 3.8) is 0 Å². The van der Waals surface area contributed by atoms with Gasteiger partial charge in [0.2, 0.25) is 0 Å². The Kier molecular flexibility index (Phi) is 3.76. The number of hydrogen-bond donors (Lipinski definition) is 1. The van der Waals surface area contributed by atoms with Crippen LogP contribution in [-0.4, -0.2) is 4.98 Å². The van der Waals surface area contributed by atoms with Crippen molar-refractivity contribution in [2.75, 3.05) is 5.32 Å². The van der Waals surface area contributed by atoms with E-state index < -0.39 is 0 Å². The summed E-state index contributed by atoms with van der Waals surface area (Å²) in [6.07, 6.45) is 3.65. The fourth-order valence-corrected chi connectivity index (χ4v) is 1.92. The average Bonchev–Trinajstić information content (AvgIpc) is 2.38. The predicted molar refractivity (Wildman–Crippen MR) is 71.9 cm³/mol. The molecule has 2 rings (SSSR count). The Morgan fingerprint density at radius 3 is 2.35 bits per heavy atom. The minimum Gasteiger partial charge on any atom is -0.377 e. The highest BCUT2D eigenvalue weighted by atomic mass is 14.9. The number of anilines is 1. The Morgan fingerprint density at radius 1 is 1.00 bits per heavy atom. The third-order valence-corrected chi connectivity index (χ3v) is 2.81. The van der Waals surface area contributed by atoms with Crippen molar-refractivity contribution >= 4 is 5.69 Å². The zero-order valence-electron chi connectivity index (χ0n) is 10.3. The van der Waals surface area contributed by atoms with Crippen LogP contribution in [0.15, 0.2) is 54.9 Å². The number of pyridine rings is 1. The van der Waals surface area contributed by atoms with Crippen molar-refractivity contribution in [2.24, 2.45) is 5.92 Å². The second kappa shape index (κ2) is 5.48. The SMILES string of the molecule is CC(C)C(Nc1cccnc1)c1ccccc1. The fourth-order valence-electron chi connectivity index (χ4n) is 1.92. The van der Waals surface area contributed by atoms with Crippen LogP contribution in [0.5, 0.6) is 0 Å². The lowest BCUT2D eigenvalue weighted by molar-refractivity contribution is 0.546. The Labute approximate surface area is 103 Å². The van der Waals surface area contributed by atoms with Crippen LogP contribution in [0, 0.1) is 5.92 Å². The molecule has 1 aromatic heterocycles. The van der Waals surface area contributed by atoms with E-state index in [9.17, 15) is 0 Å². The normalized spacial score (nSPS) is 12.4. The van der Waals surface area contributed by atoms with E-state index in [1.165, 1.54) is 5.56 Å². The largest absolute Gasteiger partial charge is 0.377 e. The van der Waals surface area contributed by atoms with Crippen molar-refractivity contribution in [2.45, 2.75) is 19.9 Å². The lowest BCUT2D eigenvalue weighted by atomic mass is 9.96. The van der Waals surface area contributed by atoms with Crippen LogP contribution in [0.4, 0.5) is 5.69 Å². The molecular weight excluding hydrogens is 208 g/mol. The highest BCUT2D eigenvalue weighted by Gasteiger charge is 2.14. The van der Waals surface area contributed by atoms with Gasteiger partial charge in [0.1, 0.15) is 0 Å². The number of nitrogens with zero attached hydrogens (tertiary/aromatic N) is 1. The lowest BCUT2D eigenvalue weighted by Gasteiger charge is -2.23. The van der Waals surface area contributed by atoms with Gasteiger partial charge >= 0.3 is 0 Å². The van der Waals surface area contributed by atoms with E-state index in [2.05, 4.69) is 48.4 Å². The molecule has 2 nitrogen and oxygen atoms in total. The van der Waals surface area contributed by atoms with Gasteiger partial charge in [0.25, 0.3) is 0 Å². The molecule has 1 atom stereocenters. The standard InChI is InChI=1S/C15H18N2/c1-12(2)15(13-7-4-3-5-8-13)17-14-9-6-10-16-11-14/h3-12,15,17H,1-2H3. The molecule has 2 heteroatoms. The Morgan fingerprint density at radius 2 is 1.76 bits per heavy atom. The van der Waals surface area contributed by atoms with Crippen molar-refractivity contribution in [1.82, 2.24) is 4.98 Å². The molecule has 0 spiro atoms. The molecule has 0 saturated heterocycles. The summed E-state index contributed by atoms with van der Waals surface area (Å²) in [7, 11) is 0. The molecule has 88 valence electrons. The smallest absolute Gasteiger partial charge is 0.0537 e. The van der Waals surface area contributed by atoms with Gasteiger partial charge < -0.3 is 5.32 Å². The van der Waals surface area contributed by atoms with Crippen molar-refractivity contribution in [1.29, 1.82) is 0 Å². The van der Waals surface area contributed by atoms with E-state index in [1.54, 1.807) is 6.20 Å². The van der Waals surface area contributed by atoms with Crippen LogP contribution in [0.1, 0.15) is 25.5 Å². The summed E-state index contributed by atoms with van der Waals surface area (Å²) in [6.45, 7) is 4.45. The van der Waals surface area contributed by atoms with Crippen molar-refractivity contribution in [3.05, 3.63) is 60.4 Å². The van der Waals surface area contributed by atoms with E-state index >= 15 is 0 Å². The third kappa shape index (κ3) is 3.06. The van der Waals surface area contributed by atoms with Gasteiger partial charge in [-0.1, -0.05) is 44.2 Å². The molecule has 17 heavy (non-hydrogen) atoms. The lowest BCUT2D eigenvalue weighted by Crippen LogP contribution is -2.16. The van der Waals surface area contributed by atoms with Crippen molar-refractivity contribution in [3.8, 4) is 0 Å². The Bertz CT molecular complexity index is 437. The maximum atomic E-state index is 4.13. The molecule has 0 fully saturated rings. The van der Waals surface area contributed by atoms with E-state index in [4.69, 9.17) is 0 Å². The number of hydrogen-bond acceptors (Lipinski definition) is 2. The second-order valence-electron chi connectivity index (χ2n) is 4.52. The summed E-state index contributed by atoms with van der Waals surface area (Å²) < 4.78 is 0. The van der Waals surface area contributed by atoms with Crippen LogP contribution in [0.25, 0.3) is 0 Å².